The molecule has 1 aromatic rings. The molecule has 0 aromatic heterocycles. The molecule has 23 heavy (non-hydrogen) atoms. The summed E-state index contributed by atoms with van der Waals surface area (Å²) in [7, 11) is 0. The van der Waals surface area contributed by atoms with Crippen molar-refractivity contribution in [1.29, 1.82) is 0 Å². The van der Waals surface area contributed by atoms with Crippen LogP contribution in [0.4, 0.5) is 13.2 Å². The van der Waals surface area contributed by atoms with Gasteiger partial charge in [-0.05, 0) is 49.5 Å². The fourth-order valence-electron chi connectivity index (χ4n) is 2.39. The molecule has 0 radical (unpaired) electrons. The minimum absolute atomic E-state index is 0. The predicted octanol–water partition coefficient (Wildman–Crippen LogP) is 3.01. The van der Waals surface area contributed by atoms with E-state index in [2.05, 4.69) is 15.4 Å². The van der Waals surface area contributed by atoms with Crippen molar-refractivity contribution in [2.75, 3.05) is 13.1 Å². The second-order valence-corrected chi connectivity index (χ2v) is 5.37. The van der Waals surface area contributed by atoms with E-state index in [0.717, 1.165) is 31.5 Å². The Labute approximate surface area is 139 Å². The van der Waals surface area contributed by atoms with E-state index in [-0.39, 0.29) is 24.1 Å². The van der Waals surface area contributed by atoms with Crippen LogP contribution < -0.4 is 15.4 Å². The van der Waals surface area contributed by atoms with Crippen molar-refractivity contribution in [3.8, 4) is 5.75 Å². The lowest BCUT2D eigenvalue weighted by molar-refractivity contribution is -0.274. The number of carbonyl (C=O) groups is 1. The summed E-state index contributed by atoms with van der Waals surface area (Å²) in [5, 5.41) is 6.02. The Kier molecular flexibility index (Phi) is 7.64. The molecule has 1 aliphatic heterocycles. The normalized spacial score (nSPS) is 17.4. The summed E-state index contributed by atoms with van der Waals surface area (Å²) in [5.74, 6) is 0.253. The highest BCUT2D eigenvalue weighted by atomic mass is 35.5. The first-order valence-electron chi connectivity index (χ1n) is 7.24. The molecule has 1 saturated heterocycles. The van der Waals surface area contributed by atoms with Crippen LogP contribution in [0.5, 0.6) is 5.75 Å². The van der Waals surface area contributed by atoms with Gasteiger partial charge in [-0.25, -0.2) is 0 Å². The van der Waals surface area contributed by atoms with Gasteiger partial charge in [0.1, 0.15) is 5.75 Å². The molecule has 4 nitrogen and oxygen atoms in total. The molecule has 0 saturated carbocycles. The highest BCUT2D eigenvalue weighted by molar-refractivity contribution is 5.85. The van der Waals surface area contributed by atoms with Crippen LogP contribution >= 0.6 is 12.4 Å². The number of carbonyl (C=O) groups excluding carboxylic acids is 1. The summed E-state index contributed by atoms with van der Waals surface area (Å²) in [5.41, 5.74) is 0.727. The summed E-state index contributed by atoms with van der Waals surface area (Å²) in [6.07, 6.45) is -2.25. The van der Waals surface area contributed by atoms with Gasteiger partial charge in [0.25, 0.3) is 0 Å². The Morgan fingerprint density at radius 3 is 2.57 bits per heavy atom. The molecule has 2 rings (SSSR count). The van der Waals surface area contributed by atoms with Crippen molar-refractivity contribution in [3.63, 3.8) is 0 Å². The number of rotatable bonds is 6. The molecule has 1 aromatic carbocycles. The van der Waals surface area contributed by atoms with Crippen molar-refractivity contribution >= 4 is 18.3 Å². The van der Waals surface area contributed by atoms with Gasteiger partial charge in [0.2, 0.25) is 5.91 Å². The third-order valence-corrected chi connectivity index (χ3v) is 3.59. The molecule has 1 amide bonds. The van der Waals surface area contributed by atoms with Gasteiger partial charge in [-0.3, -0.25) is 4.79 Å². The Morgan fingerprint density at radius 1 is 1.30 bits per heavy atom. The molecule has 0 aliphatic carbocycles. The average Bonchev–Trinajstić information content (AvgIpc) is 2.96. The average molecular weight is 353 g/mol. The minimum atomic E-state index is -4.69. The van der Waals surface area contributed by atoms with E-state index in [1.807, 2.05) is 0 Å². The number of hydrogen-bond acceptors (Lipinski definition) is 3. The molecule has 0 spiro atoms. The topological polar surface area (TPSA) is 50.4 Å². The summed E-state index contributed by atoms with van der Waals surface area (Å²) < 4.78 is 39.9. The van der Waals surface area contributed by atoms with Crippen molar-refractivity contribution < 1.29 is 22.7 Å². The van der Waals surface area contributed by atoms with Crippen LogP contribution in [-0.2, 0) is 11.3 Å². The van der Waals surface area contributed by atoms with E-state index < -0.39 is 6.36 Å². The number of benzene rings is 1. The molecule has 1 fully saturated rings. The largest absolute Gasteiger partial charge is 0.573 e. The van der Waals surface area contributed by atoms with E-state index in [1.165, 1.54) is 24.3 Å². The standard InChI is InChI=1S/C15H19F3N2O2.ClH/c16-15(17,18)22-13-4-1-11(2-5-13)10-20-14(21)6-3-12-7-8-19-9-12;/h1-2,4-5,12,19H,3,6-10H2,(H,20,21);1H. The lowest BCUT2D eigenvalue weighted by atomic mass is 10.0. The van der Waals surface area contributed by atoms with Crippen LogP contribution in [0.1, 0.15) is 24.8 Å². The molecule has 1 aliphatic rings. The van der Waals surface area contributed by atoms with Gasteiger partial charge < -0.3 is 15.4 Å². The summed E-state index contributed by atoms with van der Waals surface area (Å²) in [6.45, 7) is 2.28. The third kappa shape index (κ3) is 7.56. The molecule has 2 N–H and O–H groups in total. The lowest BCUT2D eigenvalue weighted by Gasteiger charge is -2.10. The molecular formula is C15H20ClF3N2O2. The van der Waals surface area contributed by atoms with Gasteiger partial charge >= 0.3 is 6.36 Å². The van der Waals surface area contributed by atoms with Crippen LogP contribution in [-0.4, -0.2) is 25.4 Å². The van der Waals surface area contributed by atoms with Crippen LogP contribution in [0.15, 0.2) is 24.3 Å². The zero-order chi connectivity index (χ0) is 16.0. The maximum atomic E-state index is 12.0. The number of alkyl halides is 3. The van der Waals surface area contributed by atoms with Crippen LogP contribution in [0.25, 0.3) is 0 Å². The Bertz CT molecular complexity index is 488. The summed E-state index contributed by atoms with van der Waals surface area (Å²) in [6, 6.07) is 5.48. The van der Waals surface area contributed by atoms with Crippen LogP contribution in [0, 0.1) is 5.92 Å². The molecule has 8 heteroatoms. The molecule has 0 bridgehead atoms. The molecule has 130 valence electrons. The number of nitrogens with one attached hydrogen (secondary N) is 2. The lowest BCUT2D eigenvalue weighted by Crippen LogP contribution is -2.23. The maximum Gasteiger partial charge on any atom is 0.573 e. The first-order valence-corrected chi connectivity index (χ1v) is 7.24. The number of amides is 1. The summed E-state index contributed by atoms with van der Waals surface area (Å²) in [4.78, 5) is 11.7. The van der Waals surface area contributed by atoms with Gasteiger partial charge in [-0.1, -0.05) is 12.1 Å². The molecule has 1 unspecified atom stereocenters. The predicted molar refractivity (Wildman–Crippen MR) is 82.4 cm³/mol. The molecule has 1 atom stereocenters. The SMILES string of the molecule is Cl.O=C(CCC1CCNC1)NCc1ccc(OC(F)(F)F)cc1. The van der Waals surface area contributed by atoms with E-state index >= 15 is 0 Å². The second-order valence-electron chi connectivity index (χ2n) is 5.37. The third-order valence-electron chi connectivity index (χ3n) is 3.59. The number of hydrogen-bond donors (Lipinski definition) is 2. The van der Waals surface area contributed by atoms with Gasteiger partial charge in [0.05, 0.1) is 0 Å². The summed E-state index contributed by atoms with van der Waals surface area (Å²) >= 11 is 0. The maximum absolute atomic E-state index is 12.0. The first kappa shape index (κ1) is 19.6. The quantitative estimate of drug-likeness (QED) is 0.827. The Morgan fingerprint density at radius 2 is 2.00 bits per heavy atom. The van der Waals surface area contributed by atoms with Crippen molar-refractivity contribution in [2.45, 2.75) is 32.2 Å². The van der Waals surface area contributed by atoms with Crippen molar-refractivity contribution in [2.24, 2.45) is 5.92 Å². The van der Waals surface area contributed by atoms with Crippen LogP contribution in [0.2, 0.25) is 0 Å². The second kappa shape index (κ2) is 8.98. The van der Waals surface area contributed by atoms with Crippen molar-refractivity contribution in [1.82, 2.24) is 10.6 Å². The van der Waals surface area contributed by atoms with E-state index in [1.54, 1.807) is 0 Å². The smallest absolute Gasteiger partial charge is 0.406 e. The van der Waals surface area contributed by atoms with Gasteiger partial charge in [-0.15, -0.1) is 25.6 Å². The van der Waals surface area contributed by atoms with Gasteiger partial charge in [0.15, 0.2) is 0 Å². The fourth-order valence-corrected chi connectivity index (χ4v) is 2.39. The van der Waals surface area contributed by atoms with Gasteiger partial charge in [-0.2, -0.15) is 0 Å². The Hall–Kier alpha value is -1.47. The minimum Gasteiger partial charge on any atom is -0.406 e. The zero-order valence-electron chi connectivity index (χ0n) is 12.5. The zero-order valence-corrected chi connectivity index (χ0v) is 13.3. The number of ether oxygens (including phenoxy) is 1. The van der Waals surface area contributed by atoms with Gasteiger partial charge in [0, 0.05) is 13.0 Å². The Balaban J connectivity index is 0.00000264. The monoisotopic (exact) mass is 352 g/mol. The highest BCUT2D eigenvalue weighted by Crippen LogP contribution is 2.22. The highest BCUT2D eigenvalue weighted by Gasteiger charge is 2.30. The molecule has 1 heterocycles. The first-order chi connectivity index (χ1) is 10.4. The number of halogens is 4. The van der Waals surface area contributed by atoms with E-state index in [9.17, 15) is 18.0 Å². The van der Waals surface area contributed by atoms with Crippen molar-refractivity contribution in [3.05, 3.63) is 29.8 Å². The van der Waals surface area contributed by atoms with E-state index in [4.69, 9.17) is 0 Å². The van der Waals surface area contributed by atoms with Crippen LogP contribution in [0.3, 0.4) is 0 Å². The molecular weight excluding hydrogens is 333 g/mol. The van der Waals surface area contributed by atoms with E-state index in [0.29, 0.717) is 18.9 Å². The fraction of sp³-hybridized carbons (Fsp3) is 0.533.